The van der Waals surface area contributed by atoms with Crippen LogP contribution in [0.25, 0.3) is 0 Å². The second-order valence-electron chi connectivity index (χ2n) is 4.61. The molecule has 3 nitrogen and oxygen atoms in total. The van der Waals surface area contributed by atoms with Gasteiger partial charge in [0.05, 0.1) is 10.3 Å². The maximum absolute atomic E-state index is 12.3. The summed E-state index contributed by atoms with van der Waals surface area (Å²) >= 11 is 10.9. The van der Waals surface area contributed by atoms with Crippen LogP contribution in [-0.4, -0.2) is 24.0 Å². The Balaban J connectivity index is 1.93. The first-order valence-corrected chi connectivity index (χ1v) is 8.36. The molecule has 0 N–H and O–H groups in total. The molecule has 1 aromatic carbocycles. The molecule has 0 saturated heterocycles. The van der Waals surface area contributed by atoms with Gasteiger partial charge in [-0.05, 0) is 59.3 Å². The summed E-state index contributed by atoms with van der Waals surface area (Å²) in [7, 11) is 1.78. The van der Waals surface area contributed by atoms with Crippen molar-refractivity contribution in [2.75, 3.05) is 7.05 Å². The van der Waals surface area contributed by atoms with Crippen LogP contribution in [0.3, 0.4) is 0 Å². The summed E-state index contributed by atoms with van der Waals surface area (Å²) < 4.78 is 6.70. The molecule has 1 heterocycles. The normalized spacial score (nSPS) is 12.0. The molecule has 0 spiro atoms. The van der Waals surface area contributed by atoms with Crippen molar-refractivity contribution in [2.45, 2.75) is 19.6 Å². The van der Waals surface area contributed by atoms with E-state index in [0.29, 0.717) is 17.3 Å². The van der Waals surface area contributed by atoms with Gasteiger partial charge in [0.15, 0.2) is 6.10 Å². The van der Waals surface area contributed by atoms with Crippen molar-refractivity contribution in [3.05, 3.63) is 50.1 Å². The number of nitrogens with zero attached hydrogens (tertiary/aromatic N) is 1. The molecule has 6 heteroatoms. The molecule has 0 aliphatic carbocycles. The predicted octanol–water partition coefficient (Wildman–Crippen LogP) is 4.59. The van der Waals surface area contributed by atoms with Gasteiger partial charge in [0.25, 0.3) is 5.91 Å². The number of hydrogen-bond acceptors (Lipinski definition) is 3. The first-order chi connectivity index (χ1) is 9.95. The number of benzene rings is 1. The lowest BCUT2D eigenvalue weighted by atomic mass is 10.3. The van der Waals surface area contributed by atoms with Crippen LogP contribution in [0.4, 0.5) is 0 Å². The highest BCUT2D eigenvalue weighted by Crippen LogP contribution is 2.23. The highest BCUT2D eigenvalue weighted by atomic mass is 79.9. The van der Waals surface area contributed by atoms with E-state index in [-0.39, 0.29) is 5.91 Å². The van der Waals surface area contributed by atoms with Gasteiger partial charge in [-0.2, -0.15) is 0 Å². The fourth-order valence-electron chi connectivity index (χ4n) is 1.83. The summed E-state index contributed by atoms with van der Waals surface area (Å²) in [5.41, 5.74) is 0. The summed E-state index contributed by atoms with van der Waals surface area (Å²) in [4.78, 5) is 15.1. The molecule has 0 radical (unpaired) electrons. The molecule has 1 amide bonds. The van der Waals surface area contributed by atoms with Gasteiger partial charge in [0.1, 0.15) is 5.75 Å². The summed E-state index contributed by atoms with van der Waals surface area (Å²) in [6.07, 6.45) is -0.542. The van der Waals surface area contributed by atoms with Crippen LogP contribution in [0.15, 0.2) is 40.2 Å². The Morgan fingerprint density at radius 3 is 2.57 bits per heavy atom. The molecule has 2 aromatic rings. The zero-order valence-electron chi connectivity index (χ0n) is 11.7. The zero-order chi connectivity index (χ0) is 15.4. The minimum Gasteiger partial charge on any atom is -0.481 e. The van der Waals surface area contributed by atoms with Crippen LogP contribution in [-0.2, 0) is 11.3 Å². The minimum absolute atomic E-state index is 0.0607. The number of ether oxygens (including phenoxy) is 1. The molecule has 0 aliphatic rings. The second kappa shape index (κ2) is 7.29. The first-order valence-electron chi connectivity index (χ1n) is 6.37. The molecule has 0 aliphatic heterocycles. The van der Waals surface area contributed by atoms with E-state index in [1.807, 2.05) is 12.1 Å². The molecule has 1 aromatic heterocycles. The summed E-state index contributed by atoms with van der Waals surface area (Å²) in [5.74, 6) is 0.571. The molecule has 0 fully saturated rings. The molecule has 0 saturated carbocycles. The van der Waals surface area contributed by atoms with Gasteiger partial charge in [0, 0.05) is 16.9 Å². The van der Waals surface area contributed by atoms with Crippen molar-refractivity contribution >= 4 is 44.8 Å². The van der Waals surface area contributed by atoms with Gasteiger partial charge in [0.2, 0.25) is 0 Å². The first kappa shape index (κ1) is 16.3. The van der Waals surface area contributed by atoms with Crippen molar-refractivity contribution < 1.29 is 9.53 Å². The largest absolute Gasteiger partial charge is 0.481 e. The number of likely N-dealkylation sites (N-methyl/N-ethyl adjacent to an activating group) is 1. The highest BCUT2D eigenvalue weighted by molar-refractivity contribution is 9.11. The smallest absolute Gasteiger partial charge is 0.263 e. The monoisotopic (exact) mass is 387 g/mol. The lowest BCUT2D eigenvalue weighted by Crippen LogP contribution is -2.37. The van der Waals surface area contributed by atoms with Gasteiger partial charge >= 0.3 is 0 Å². The maximum atomic E-state index is 12.3. The second-order valence-corrected chi connectivity index (χ2v) is 7.60. The standard InChI is InChI=1S/C15H15BrClNO2S/c1-10(20-12-5-3-11(17)4-6-12)15(19)18(2)9-13-7-8-14(16)21-13/h3-8,10H,9H2,1-2H3. The number of amides is 1. The Kier molecular flexibility index (Phi) is 5.67. The third kappa shape index (κ3) is 4.73. The number of halogens is 2. The average molecular weight is 389 g/mol. The predicted molar refractivity (Wildman–Crippen MR) is 90.0 cm³/mol. The molecule has 2 rings (SSSR count). The number of hydrogen-bond donors (Lipinski definition) is 0. The van der Waals surface area contributed by atoms with E-state index in [1.54, 1.807) is 54.5 Å². The fourth-order valence-corrected chi connectivity index (χ4v) is 3.49. The van der Waals surface area contributed by atoms with Crippen molar-refractivity contribution in [3.63, 3.8) is 0 Å². The van der Waals surface area contributed by atoms with Crippen LogP contribution in [0.5, 0.6) is 5.75 Å². The molecule has 112 valence electrons. The van der Waals surface area contributed by atoms with Crippen LogP contribution in [0.1, 0.15) is 11.8 Å². The number of carbonyl (C=O) groups excluding carboxylic acids is 1. The Labute approximate surface area is 141 Å². The number of thiophene rings is 1. The third-order valence-corrected chi connectivity index (χ3v) is 4.73. The Morgan fingerprint density at radius 1 is 1.33 bits per heavy atom. The summed E-state index contributed by atoms with van der Waals surface area (Å²) in [6, 6.07) is 11.0. The van der Waals surface area contributed by atoms with Crippen molar-refractivity contribution in [1.29, 1.82) is 0 Å². The quantitative estimate of drug-likeness (QED) is 0.750. The fraction of sp³-hybridized carbons (Fsp3) is 0.267. The van der Waals surface area contributed by atoms with Gasteiger partial charge in [-0.15, -0.1) is 11.3 Å². The lowest BCUT2D eigenvalue weighted by Gasteiger charge is -2.21. The van der Waals surface area contributed by atoms with Crippen molar-refractivity contribution in [2.24, 2.45) is 0 Å². The van der Waals surface area contributed by atoms with Gasteiger partial charge in [-0.25, -0.2) is 0 Å². The van der Waals surface area contributed by atoms with E-state index in [9.17, 15) is 4.79 Å². The van der Waals surface area contributed by atoms with Gasteiger partial charge in [-0.3, -0.25) is 4.79 Å². The van der Waals surface area contributed by atoms with E-state index in [4.69, 9.17) is 16.3 Å². The topological polar surface area (TPSA) is 29.5 Å². The minimum atomic E-state index is -0.542. The number of carbonyl (C=O) groups is 1. The summed E-state index contributed by atoms with van der Waals surface area (Å²) in [6.45, 7) is 2.32. The lowest BCUT2D eigenvalue weighted by molar-refractivity contribution is -0.137. The van der Waals surface area contributed by atoms with Crippen LogP contribution >= 0.6 is 38.9 Å². The van der Waals surface area contributed by atoms with Gasteiger partial charge in [-0.1, -0.05) is 11.6 Å². The van der Waals surface area contributed by atoms with Gasteiger partial charge < -0.3 is 9.64 Å². The van der Waals surface area contributed by atoms with E-state index in [1.165, 1.54) is 0 Å². The van der Waals surface area contributed by atoms with E-state index >= 15 is 0 Å². The maximum Gasteiger partial charge on any atom is 0.263 e. The highest BCUT2D eigenvalue weighted by Gasteiger charge is 2.19. The SMILES string of the molecule is CC(Oc1ccc(Cl)cc1)C(=O)N(C)Cc1ccc(Br)s1. The van der Waals surface area contributed by atoms with E-state index < -0.39 is 6.10 Å². The summed E-state index contributed by atoms with van der Waals surface area (Å²) in [5, 5.41) is 0.640. The zero-order valence-corrected chi connectivity index (χ0v) is 14.8. The van der Waals surface area contributed by atoms with Crippen molar-refractivity contribution in [3.8, 4) is 5.75 Å². The molecule has 0 bridgehead atoms. The number of rotatable bonds is 5. The molecular weight excluding hydrogens is 374 g/mol. The Bertz CT molecular complexity index is 614. The third-order valence-electron chi connectivity index (χ3n) is 2.87. The van der Waals surface area contributed by atoms with E-state index in [2.05, 4.69) is 15.9 Å². The molecular formula is C15H15BrClNO2S. The molecule has 21 heavy (non-hydrogen) atoms. The molecule has 1 unspecified atom stereocenters. The Morgan fingerprint density at radius 2 is 2.00 bits per heavy atom. The van der Waals surface area contributed by atoms with Crippen LogP contribution in [0, 0.1) is 0 Å². The average Bonchev–Trinajstić information content (AvgIpc) is 2.85. The van der Waals surface area contributed by atoms with Crippen molar-refractivity contribution in [1.82, 2.24) is 4.90 Å². The Hall–Kier alpha value is -1.04. The molecule has 1 atom stereocenters. The van der Waals surface area contributed by atoms with E-state index in [0.717, 1.165) is 8.66 Å². The van der Waals surface area contributed by atoms with Crippen LogP contribution in [0.2, 0.25) is 5.02 Å². The van der Waals surface area contributed by atoms with Crippen LogP contribution < -0.4 is 4.74 Å².